The van der Waals surface area contributed by atoms with Crippen molar-refractivity contribution in [2.75, 3.05) is 13.1 Å². The summed E-state index contributed by atoms with van der Waals surface area (Å²) in [7, 11) is 0. The topological polar surface area (TPSA) is 32.3 Å². The molecule has 0 aromatic rings. The van der Waals surface area contributed by atoms with Crippen molar-refractivity contribution in [2.45, 2.75) is 0 Å². The number of amides is 1. The predicted octanol–water partition coefficient (Wildman–Crippen LogP) is 0.386. The van der Waals surface area contributed by atoms with Gasteiger partial charge in [-0.2, -0.15) is 0 Å². The van der Waals surface area contributed by atoms with Crippen molar-refractivity contribution in [2.24, 2.45) is 5.92 Å². The molecule has 1 unspecified atom stereocenters. The van der Waals surface area contributed by atoms with Crippen LogP contribution in [-0.4, -0.2) is 23.9 Å². The van der Waals surface area contributed by atoms with Crippen LogP contribution >= 0.6 is 0 Å². The molecule has 0 radical (unpaired) electrons. The van der Waals surface area contributed by atoms with Crippen molar-refractivity contribution in [3.8, 4) is 0 Å². The maximum atomic E-state index is 11.8. The van der Waals surface area contributed by atoms with Gasteiger partial charge < -0.3 is 5.32 Å². The van der Waals surface area contributed by atoms with Gasteiger partial charge in [0.25, 0.3) is 0 Å². The zero-order valence-corrected chi connectivity index (χ0v) is 7.16. The van der Waals surface area contributed by atoms with Crippen molar-refractivity contribution in [3.05, 3.63) is 35.7 Å². The molecule has 1 amide bonds. The van der Waals surface area contributed by atoms with Crippen LogP contribution < -0.4 is 5.32 Å². The molecule has 13 heavy (non-hydrogen) atoms. The highest BCUT2D eigenvalue weighted by molar-refractivity contribution is 5.90. The number of carbonyl (C=O) groups is 1. The van der Waals surface area contributed by atoms with Crippen LogP contribution in [0.5, 0.6) is 0 Å². The smallest absolute Gasteiger partial charge is 0.239 e. The minimum absolute atomic E-state index is 0.0206. The van der Waals surface area contributed by atoms with Gasteiger partial charge >= 0.3 is 0 Å². The van der Waals surface area contributed by atoms with E-state index in [1.54, 1.807) is 0 Å². The lowest BCUT2D eigenvalue weighted by atomic mass is 9.96. The number of hydrogen-bond acceptors (Lipinski definition) is 2. The molecule has 0 aromatic carbocycles. The summed E-state index contributed by atoms with van der Waals surface area (Å²) in [4.78, 5) is 13.6. The van der Waals surface area contributed by atoms with E-state index in [9.17, 15) is 4.79 Å². The maximum absolute atomic E-state index is 11.8. The third kappa shape index (κ3) is 0.763. The van der Waals surface area contributed by atoms with Crippen molar-refractivity contribution in [1.82, 2.24) is 10.2 Å². The summed E-state index contributed by atoms with van der Waals surface area (Å²) in [6, 6.07) is 0. The summed E-state index contributed by atoms with van der Waals surface area (Å²) >= 11 is 0. The summed E-state index contributed by atoms with van der Waals surface area (Å²) < 4.78 is 0. The first kappa shape index (κ1) is 6.95. The lowest BCUT2D eigenvalue weighted by Gasteiger charge is -2.10. The van der Waals surface area contributed by atoms with Crippen molar-refractivity contribution < 1.29 is 4.79 Å². The minimum Gasteiger partial charge on any atom is -0.369 e. The first-order chi connectivity index (χ1) is 6.38. The first-order valence-electron chi connectivity index (χ1n) is 4.52. The van der Waals surface area contributed by atoms with Gasteiger partial charge in [0.1, 0.15) is 5.82 Å². The van der Waals surface area contributed by atoms with E-state index in [1.165, 1.54) is 0 Å². The molecule has 0 spiro atoms. The molecular formula is C10H10N2O. The quantitative estimate of drug-likeness (QED) is 0.576. The molecule has 1 saturated heterocycles. The van der Waals surface area contributed by atoms with E-state index >= 15 is 0 Å². The molecule has 3 nitrogen and oxygen atoms in total. The van der Waals surface area contributed by atoms with E-state index in [0.717, 1.165) is 24.5 Å². The Balaban J connectivity index is 2.14. The molecule has 2 heterocycles. The molecule has 66 valence electrons. The van der Waals surface area contributed by atoms with Gasteiger partial charge in [0.2, 0.25) is 5.91 Å². The van der Waals surface area contributed by atoms with Crippen LogP contribution in [0.4, 0.5) is 0 Å². The fourth-order valence-electron chi connectivity index (χ4n) is 2.12. The Bertz CT molecular complexity index is 365. The lowest BCUT2D eigenvalue weighted by molar-refractivity contribution is -0.128. The van der Waals surface area contributed by atoms with Gasteiger partial charge in [0.05, 0.1) is 5.92 Å². The Kier molecular flexibility index (Phi) is 1.20. The zero-order valence-electron chi connectivity index (χ0n) is 7.16. The molecule has 3 heteroatoms. The molecule has 0 aromatic heterocycles. The van der Waals surface area contributed by atoms with E-state index in [2.05, 4.69) is 5.32 Å². The number of carbonyl (C=O) groups excluding carboxylic acids is 1. The maximum Gasteiger partial charge on any atom is 0.239 e. The monoisotopic (exact) mass is 174 g/mol. The van der Waals surface area contributed by atoms with E-state index in [4.69, 9.17) is 0 Å². The number of hydrogen-bond donors (Lipinski definition) is 1. The van der Waals surface area contributed by atoms with E-state index < -0.39 is 0 Å². The molecule has 1 N–H and O–H groups in total. The third-order valence-corrected chi connectivity index (χ3v) is 2.73. The van der Waals surface area contributed by atoms with Crippen LogP contribution in [0.3, 0.4) is 0 Å². The van der Waals surface area contributed by atoms with Gasteiger partial charge in [-0.3, -0.25) is 9.69 Å². The van der Waals surface area contributed by atoms with Crippen molar-refractivity contribution in [3.63, 3.8) is 0 Å². The van der Waals surface area contributed by atoms with E-state index in [-0.39, 0.29) is 11.8 Å². The van der Waals surface area contributed by atoms with Crippen LogP contribution in [0.1, 0.15) is 0 Å². The van der Waals surface area contributed by atoms with Gasteiger partial charge in [0, 0.05) is 18.7 Å². The summed E-state index contributed by atoms with van der Waals surface area (Å²) in [5.74, 6) is 1.22. The van der Waals surface area contributed by atoms with E-state index in [1.807, 2.05) is 29.2 Å². The standard InChI is InChI=1S/C10H10N2O/c13-10-8-4-2-1-3-7(8)9-11-5-6-12(9)10/h1-4,8,11H,5-6H2. The number of allylic oxidation sites excluding steroid dienone is 3. The van der Waals surface area contributed by atoms with Gasteiger partial charge in [-0.25, -0.2) is 0 Å². The second-order valence-electron chi connectivity index (χ2n) is 3.44. The predicted molar refractivity (Wildman–Crippen MR) is 48.5 cm³/mol. The number of nitrogens with one attached hydrogen (secondary N) is 1. The summed E-state index contributed by atoms with van der Waals surface area (Å²) in [6.45, 7) is 1.70. The van der Waals surface area contributed by atoms with Gasteiger partial charge in [-0.05, 0) is 0 Å². The fourth-order valence-corrected chi connectivity index (χ4v) is 2.12. The van der Waals surface area contributed by atoms with E-state index in [0.29, 0.717) is 0 Å². The average Bonchev–Trinajstić information content (AvgIpc) is 2.72. The summed E-state index contributed by atoms with van der Waals surface area (Å²) in [5.41, 5.74) is 1.13. The molecule has 1 atom stereocenters. The Hall–Kier alpha value is -1.51. The van der Waals surface area contributed by atoms with Gasteiger partial charge in [-0.1, -0.05) is 24.3 Å². The molecule has 1 aliphatic carbocycles. The van der Waals surface area contributed by atoms with Crippen LogP contribution in [-0.2, 0) is 4.79 Å². The summed E-state index contributed by atoms with van der Waals surface area (Å²) in [6.07, 6.45) is 7.91. The number of nitrogens with zero attached hydrogens (tertiary/aromatic N) is 1. The Morgan fingerprint density at radius 2 is 2.38 bits per heavy atom. The highest BCUT2D eigenvalue weighted by atomic mass is 16.2. The molecule has 2 aliphatic heterocycles. The van der Waals surface area contributed by atoms with Crippen LogP contribution in [0.25, 0.3) is 0 Å². The second-order valence-corrected chi connectivity index (χ2v) is 3.44. The fraction of sp³-hybridized carbons (Fsp3) is 0.300. The van der Waals surface area contributed by atoms with Crippen molar-refractivity contribution >= 4 is 5.91 Å². The first-order valence-corrected chi connectivity index (χ1v) is 4.52. The van der Waals surface area contributed by atoms with Crippen molar-refractivity contribution in [1.29, 1.82) is 0 Å². The molecule has 0 saturated carbocycles. The number of fused-ring (bicyclic) bond motifs is 2. The van der Waals surface area contributed by atoms with Crippen LogP contribution in [0.15, 0.2) is 35.7 Å². The Morgan fingerprint density at radius 1 is 1.46 bits per heavy atom. The zero-order chi connectivity index (χ0) is 8.84. The molecule has 1 fully saturated rings. The second kappa shape index (κ2) is 2.25. The molecule has 3 aliphatic rings. The minimum atomic E-state index is -0.0206. The normalized spacial score (nSPS) is 29.4. The highest BCUT2D eigenvalue weighted by Crippen LogP contribution is 2.33. The largest absolute Gasteiger partial charge is 0.369 e. The van der Waals surface area contributed by atoms with Crippen LogP contribution in [0, 0.1) is 5.92 Å². The lowest BCUT2D eigenvalue weighted by Crippen LogP contribution is -2.26. The molecule has 0 bridgehead atoms. The summed E-state index contributed by atoms with van der Waals surface area (Å²) in [5, 5.41) is 3.25. The number of rotatable bonds is 0. The third-order valence-electron chi connectivity index (χ3n) is 2.73. The highest BCUT2D eigenvalue weighted by Gasteiger charge is 2.39. The SMILES string of the molecule is O=C1C2C=CC=CC2=C2NCCN12. The molecular weight excluding hydrogens is 164 g/mol. The average molecular weight is 174 g/mol. The Morgan fingerprint density at radius 3 is 3.31 bits per heavy atom. The Labute approximate surface area is 76.4 Å². The van der Waals surface area contributed by atoms with Gasteiger partial charge in [0.15, 0.2) is 0 Å². The van der Waals surface area contributed by atoms with Crippen LogP contribution in [0.2, 0.25) is 0 Å². The van der Waals surface area contributed by atoms with Gasteiger partial charge in [-0.15, -0.1) is 0 Å². The molecule has 3 rings (SSSR count).